The first-order valence-electron chi connectivity index (χ1n) is 12.0. The zero-order chi connectivity index (χ0) is 25.7. The molecule has 1 fully saturated rings. The lowest BCUT2D eigenvalue weighted by atomic mass is 10.1. The van der Waals surface area contributed by atoms with E-state index in [1.807, 2.05) is 30.0 Å². The van der Waals surface area contributed by atoms with Crippen LogP contribution in [0.25, 0.3) is 23.1 Å². The molecule has 3 aromatic rings. The van der Waals surface area contributed by atoms with Gasteiger partial charge in [-0.05, 0) is 49.8 Å². The number of nitrogens with zero attached hydrogens (tertiary/aromatic N) is 5. The summed E-state index contributed by atoms with van der Waals surface area (Å²) in [6.07, 6.45) is 6.77. The van der Waals surface area contributed by atoms with Crippen molar-refractivity contribution in [3.63, 3.8) is 0 Å². The summed E-state index contributed by atoms with van der Waals surface area (Å²) >= 11 is 0. The third kappa shape index (κ3) is 5.30. The van der Waals surface area contributed by atoms with Gasteiger partial charge in [-0.1, -0.05) is 13.5 Å². The second-order valence-corrected chi connectivity index (χ2v) is 8.34. The Morgan fingerprint density at radius 1 is 1.22 bits per heavy atom. The SMILES string of the molecule is C=CC(=O)N1CCN(c2nc(/C=C/c3cc(OC)c(F)cn3)nc3ccc(OCC)cc23)C[C@@H]1CC. The highest BCUT2D eigenvalue weighted by Gasteiger charge is 2.29. The number of rotatable bonds is 8. The topological polar surface area (TPSA) is 80.7 Å². The van der Waals surface area contributed by atoms with Gasteiger partial charge in [0.25, 0.3) is 0 Å². The molecular weight excluding hydrogens is 461 g/mol. The van der Waals surface area contributed by atoms with Crippen LogP contribution >= 0.6 is 0 Å². The summed E-state index contributed by atoms with van der Waals surface area (Å²) in [4.78, 5) is 30.1. The summed E-state index contributed by atoms with van der Waals surface area (Å²) in [5, 5.41) is 0.873. The van der Waals surface area contributed by atoms with Crippen molar-refractivity contribution in [2.45, 2.75) is 26.3 Å². The van der Waals surface area contributed by atoms with Crippen LogP contribution in [0.1, 0.15) is 31.8 Å². The van der Waals surface area contributed by atoms with Crippen LogP contribution in [-0.4, -0.2) is 65.2 Å². The lowest BCUT2D eigenvalue weighted by Crippen LogP contribution is -2.55. The summed E-state index contributed by atoms with van der Waals surface area (Å²) in [7, 11) is 1.41. The van der Waals surface area contributed by atoms with E-state index < -0.39 is 5.82 Å². The Labute approximate surface area is 210 Å². The van der Waals surface area contributed by atoms with E-state index in [1.54, 1.807) is 12.2 Å². The zero-order valence-corrected chi connectivity index (χ0v) is 20.8. The third-order valence-corrected chi connectivity index (χ3v) is 6.15. The van der Waals surface area contributed by atoms with Gasteiger partial charge in [0.1, 0.15) is 11.6 Å². The predicted molar refractivity (Wildman–Crippen MR) is 139 cm³/mol. The molecule has 0 aliphatic carbocycles. The molecule has 9 heteroatoms. The first kappa shape index (κ1) is 25.1. The Hall–Kier alpha value is -4.01. The van der Waals surface area contributed by atoms with Gasteiger partial charge in [-0.3, -0.25) is 9.78 Å². The molecular formula is C27H30FN5O3. The van der Waals surface area contributed by atoms with Gasteiger partial charge in [-0.15, -0.1) is 0 Å². The smallest absolute Gasteiger partial charge is 0.246 e. The third-order valence-electron chi connectivity index (χ3n) is 6.15. The molecule has 4 rings (SSSR count). The zero-order valence-electron chi connectivity index (χ0n) is 20.8. The van der Waals surface area contributed by atoms with E-state index in [0.717, 1.165) is 35.1 Å². The number of halogens is 1. The Kier molecular flexibility index (Phi) is 7.77. The van der Waals surface area contributed by atoms with Gasteiger partial charge in [0, 0.05) is 37.1 Å². The van der Waals surface area contributed by atoms with E-state index in [0.29, 0.717) is 37.8 Å². The fraction of sp³-hybridized carbons (Fsp3) is 0.333. The van der Waals surface area contributed by atoms with Crippen LogP contribution in [0, 0.1) is 5.82 Å². The van der Waals surface area contributed by atoms with E-state index in [9.17, 15) is 9.18 Å². The lowest BCUT2D eigenvalue weighted by molar-refractivity contribution is -0.128. The minimum absolute atomic E-state index is 0.0409. The quantitative estimate of drug-likeness (QED) is 0.433. The van der Waals surface area contributed by atoms with Gasteiger partial charge < -0.3 is 19.3 Å². The Balaban J connectivity index is 1.73. The Bertz CT molecular complexity index is 1300. The molecule has 0 radical (unpaired) electrons. The standard InChI is InChI=1S/C27H30FN5O3/c1-5-19-17-32(12-13-33(19)26(34)6-2)27-21-15-20(36-7-3)9-10-23(21)30-25(31-27)11-8-18-14-24(35-4)22(28)16-29-18/h6,8-11,14-16,19H,2,5,7,12-13,17H2,1,3-4H3/b11-8+/t19-/m0/s1. The van der Waals surface area contributed by atoms with Crippen LogP contribution in [0.2, 0.25) is 0 Å². The number of ether oxygens (including phenoxy) is 2. The summed E-state index contributed by atoms with van der Waals surface area (Å²) in [6, 6.07) is 7.31. The molecule has 1 aromatic carbocycles. The summed E-state index contributed by atoms with van der Waals surface area (Å²) < 4.78 is 24.5. The van der Waals surface area contributed by atoms with Gasteiger partial charge in [0.05, 0.1) is 31.1 Å². The van der Waals surface area contributed by atoms with Crippen molar-refractivity contribution in [1.29, 1.82) is 0 Å². The summed E-state index contributed by atoms with van der Waals surface area (Å²) in [5.41, 5.74) is 1.29. The van der Waals surface area contributed by atoms with Crippen molar-refractivity contribution in [2.24, 2.45) is 0 Å². The molecule has 36 heavy (non-hydrogen) atoms. The minimum Gasteiger partial charge on any atom is -0.494 e. The fourth-order valence-electron chi connectivity index (χ4n) is 4.33. The number of piperazine rings is 1. The number of aromatic nitrogens is 3. The predicted octanol–water partition coefficient (Wildman–Crippen LogP) is 4.35. The minimum atomic E-state index is -0.524. The molecule has 188 valence electrons. The van der Waals surface area contributed by atoms with Gasteiger partial charge >= 0.3 is 0 Å². The highest BCUT2D eigenvalue weighted by molar-refractivity contribution is 5.92. The first-order chi connectivity index (χ1) is 17.5. The molecule has 0 spiro atoms. The second-order valence-electron chi connectivity index (χ2n) is 8.34. The van der Waals surface area contributed by atoms with Gasteiger partial charge in [-0.2, -0.15) is 0 Å². The van der Waals surface area contributed by atoms with E-state index >= 15 is 0 Å². The molecule has 1 saturated heterocycles. The number of amides is 1. The maximum absolute atomic E-state index is 13.7. The molecule has 1 aliphatic heterocycles. The van der Waals surface area contributed by atoms with Crippen LogP contribution in [-0.2, 0) is 4.79 Å². The van der Waals surface area contributed by atoms with Crippen LogP contribution < -0.4 is 14.4 Å². The molecule has 2 aromatic heterocycles. The number of hydrogen-bond donors (Lipinski definition) is 0. The molecule has 0 bridgehead atoms. The molecule has 1 amide bonds. The monoisotopic (exact) mass is 491 g/mol. The number of pyridine rings is 1. The van der Waals surface area contributed by atoms with E-state index in [4.69, 9.17) is 19.4 Å². The first-order valence-corrected chi connectivity index (χ1v) is 12.0. The van der Waals surface area contributed by atoms with E-state index in [1.165, 1.54) is 19.3 Å². The van der Waals surface area contributed by atoms with Crippen molar-refractivity contribution >= 4 is 34.8 Å². The maximum atomic E-state index is 13.7. The highest BCUT2D eigenvalue weighted by atomic mass is 19.1. The molecule has 1 aliphatic rings. The number of methoxy groups -OCH3 is 1. The summed E-state index contributed by atoms with van der Waals surface area (Å²) in [6.45, 7) is 10.0. The second kappa shape index (κ2) is 11.2. The van der Waals surface area contributed by atoms with E-state index in [2.05, 4.69) is 23.4 Å². The molecule has 0 unspecified atom stereocenters. The van der Waals surface area contributed by atoms with Crippen LogP contribution in [0.4, 0.5) is 10.2 Å². The molecule has 3 heterocycles. The Morgan fingerprint density at radius 2 is 2.06 bits per heavy atom. The maximum Gasteiger partial charge on any atom is 0.246 e. The van der Waals surface area contributed by atoms with Crippen molar-refractivity contribution in [2.75, 3.05) is 38.3 Å². The van der Waals surface area contributed by atoms with Crippen LogP contribution in [0.15, 0.2) is 43.1 Å². The normalized spacial score (nSPS) is 15.9. The average Bonchev–Trinajstić information content (AvgIpc) is 2.91. The molecule has 0 saturated carbocycles. The largest absolute Gasteiger partial charge is 0.494 e. The van der Waals surface area contributed by atoms with Crippen LogP contribution in [0.5, 0.6) is 11.5 Å². The van der Waals surface area contributed by atoms with Crippen LogP contribution in [0.3, 0.4) is 0 Å². The highest BCUT2D eigenvalue weighted by Crippen LogP contribution is 2.30. The number of anilines is 1. The lowest BCUT2D eigenvalue weighted by Gasteiger charge is -2.41. The Morgan fingerprint density at radius 3 is 2.78 bits per heavy atom. The number of fused-ring (bicyclic) bond motifs is 1. The van der Waals surface area contributed by atoms with Crippen molar-refractivity contribution in [3.05, 3.63) is 60.5 Å². The average molecular weight is 492 g/mol. The van der Waals surface area contributed by atoms with E-state index in [-0.39, 0.29) is 17.7 Å². The van der Waals surface area contributed by atoms with Crippen molar-refractivity contribution in [3.8, 4) is 11.5 Å². The molecule has 1 atom stereocenters. The van der Waals surface area contributed by atoms with Crippen molar-refractivity contribution in [1.82, 2.24) is 19.9 Å². The van der Waals surface area contributed by atoms with Gasteiger partial charge in [-0.25, -0.2) is 14.4 Å². The molecule has 8 nitrogen and oxygen atoms in total. The van der Waals surface area contributed by atoms with Gasteiger partial charge in [0.15, 0.2) is 17.4 Å². The summed E-state index contributed by atoms with van der Waals surface area (Å²) in [5.74, 6) is 1.54. The number of hydrogen-bond acceptors (Lipinski definition) is 7. The number of carbonyl (C=O) groups excluding carboxylic acids is 1. The fourth-order valence-corrected chi connectivity index (χ4v) is 4.33. The number of benzene rings is 1. The molecule has 0 N–H and O–H groups in total. The van der Waals surface area contributed by atoms with Crippen molar-refractivity contribution < 1.29 is 18.7 Å². The number of carbonyl (C=O) groups is 1. The van der Waals surface area contributed by atoms with Gasteiger partial charge in [0.2, 0.25) is 5.91 Å².